The van der Waals surface area contributed by atoms with Crippen LogP contribution in [0.4, 0.5) is 5.69 Å². The van der Waals surface area contributed by atoms with Gasteiger partial charge in [-0.05, 0) is 36.1 Å². The summed E-state index contributed by atoms with van der Waals surface area (Å²) in [5.41, 5.74) is 8.97. The Morgan fingerprint density at radius 2 is 1.74 bits per heavy atom. The largest absolute Gasteiger partial charge is 0.336 e. The highest BCUT2D eigenvalue weighted by Gasteiger charge is 2.30. The summed E-state index contributed by atoms with van der Waals surface area (Å²) in [6.45, 7) is 4.07. The van der Waals surface area contributed by atoms with Crippen molar-refractivity contribution in [1.29, 1.82) is 0 Å². The summed E-state index contributed by atoms with van der Waals surface area (Å²) in [6, 6.07) is 17.3. The molecule has 0 spiro atoms. The van der Waals surface area contributed by atoms with Gasteiger partial charge in [0.2, 0.25) is 11.8 Å². The smallest absolute Gasteiger partial charge is 0.229 e. The average Bonchev–Trinajstić information content (AvgIpc) is 3.51. The normalized spacial score (nSPS) is 15.7. The van der Waals surface area contributed by atoms with Gasteiger partial charge in [-0.1, -0.05) is 49.4 Å². The van der Waals surface area contributed by atoms with Gasteiger partial charge in [0.25, 0.3) is 0 Å². The minimum Gasteiger partial charge on any atom is -0.336 e. The van der Waals surface area contributed by atoms with Crippen LogP contribution in [0.1, 0.15) is 43.9 Å². The van der Waals surface area contributed by atoms with Gasteiger partial charge in [0.1, 0.15) is 0 Å². The molecule has 1 fully saturated rings. The Morgan fingerprint density at radius 3 is 2.30 bits per heavy atom. The van der Waals surface area contributed by atoms with Crippen LogP contribution >= 0.6 is 0 Å². The van der Waals surface area contributed by atoms with Crippen molar-refractivity contribution in [2.24, 2.45) is 11.7 Å². The minimum atomic E-state index is -0.354. The standard InChI is InChI=1S/C22H27N3O2/c1-15(21(23)18-6-4-3-5-7-18)22(27)24-19-10-8-17(9-11-19)14-25(16(2)26)20-12-13-20/h3-11,15,20-21H,12-14,23H2,1-2H3,(H,24,27). The number of nitrogens with zero attached hydrogens (tertiary/aromatic N) is 1. The molecule has 27 heavy (non-hydrogen) atoms. The Balaban J connectivity index is 1.58. The molecule has 0 heterocycles. The third-order valence-electron chi connectivity index (χ3n) is 5.10. The molecule has 1 aliphatic rings. The summed E-state index contributed by atoms with van der Waals surface area (Å²) in [6.07, 6.45) is 2.18. The molecular formula is C22H27N3O2. The fourth-order valence-corrected chi connectivity index (χ4v) is 3.16. The van der Waals surface area contributed by atoms with E-state index in [1.54, 1.807) is 6.92 Å². The molecule has 3 N–H and O–H groups in total. The number of hydrogen-bond acceptors (Lipinski definition) is 3. The lowest BCUT2D eigenvalue weighted by atomic mass is 9.94. The molecule has 2 unspecified atom stereocenters. The van der Waals surface area contributed by atoms with E-state index in [0.717, 1.165) is 29.7 Å². The van der Waals surface area contributed by atoms with Crippen molar-refractivity contribution in [3.63, 3.8) is 0 Å². The van der Waals surface area contributed by atoms with Crippen molar-refractivity contribution < 1.29 is 9.59 Å². The molecule has 2 atom stereocenters. The van der Waals surface area contributed by atoms with Crippen LogP contribution in [0.15, 0.2) is 54.6 Å². The molecule has 0 aliphatic heterocycles. The Bertz CT molecular complexity index is 785. The summed E-state index contributed by atoms with van der Waals surface area (Å²) in [7, 11) is 0. The maximum atomic E-state index is 12.5. The van der Waals surface area contributed by atoms with Gasteiger partial charge in [-0.15, -0.1) is 0 Å². The van der Waals surface area contributed by atoms with Gasteiger partial charge in [-0.2, -0.15) is 0 Å². The monoisotopic (exact) mass is 365 g/mol. The molecule has 1 saturated carbocycles. The van der Waals surface area contributed by atoms with Gasteiger partial charge in [-0.3, -0.25) is 9.59 Å². The van der Waals surface area contributed by atoms with Crippen molar-refractivity contribution in [3.8, 4) is 0 Å². The zero-order valence-corrected chi connectivity index (χ0v) is 15.9. The molecule has 1 aliphatic carbocycles. The van der Waals surface area contributed by atoms with E-state index in [2.05, 4.69) is 5.32 Å². The molecule has 142 valence electrons. The number of amides is 2. The summed E-state index contributed by atoms with van der Waals surface area (Å²) in [4.78, 5) is 26.2. The van der Waals surface area contributed by atoms with E-state index in [9.17, 15) is 9.59 Å². The van der Waals surface area contributed by atoms with Gasteiger partial charge >= 0.3 is 0 Å². The molecular weight excluding hydrogens is 338 g/mol. The highest BCUT2D eigenvalue weighted by molar-refractivity contribution is 5.92. The van der Waals surface area contributed by atoms with E-state index in [1.807, 2.05) is 66.4 Å². The van der Waals surface area contributed by atoms with Gasteiger partial charge in [0.05, 0.1) is 5.92 Å². The number of rotatable bonds is 7. The number of nitrogens with one attached hydrogen (secondary N) is 1. The molecule has 0 saturated heterocycles. The van der Waals surface area contributed by atoms with Crippen molar-refractivity contribution in [3.05, 3.63) is 65.7 Å². The average molecular weight is 365 g/mol. The second-order valence-corrected chi connectivity index (χ2v) is 7.29. The summed E-state index contributed by atoms with van der Waals surface area (Å²) < 4.78 is 0. The first-order valence-corrected chi connectivity index (χ1v) is 9.43. The van der Waals surface area contributed by atoms with Crippen LogP contribution in [0.3, 0.4) is 0 Å². The first kappa shape index (κ1) is 19.1. The highest BCUT2D eigenvalue weighted by atomic mass is 16.2. The fourth-order valence-electron chi connectivity index (χ4n) is 3.16. The Hall–Kier alpha value is -2.66. The van der Waals surface area contributed by atoms with E-state index in [0.29, 0.717) is 12.6 Å². The van der Waals surface area contributed by atoms with Crippen LogP contribution in [-0.2, 0) is 16.1 Å². The molecule has 3 rings (SSSR count). The summed E-state index contributed by atoms with van der Waals surface area (Å²) >= 11 is 0. The van der Waals surface area contributed by atoms with E-state index in [4.69, 9.17) is 5.73 Å². The van der Waals surface area contributed by atoms with Crippen LogP contribution in [-0.4, -0.2) is 22.8 Å². The zero-order chi connectivity index (χ0) is 19.4. The summed E-state index contributed by atoms with van der Waals surface area (Å²) in [5, 5.41) is 2.93. The third-order valence-corrected chi connectivity index (χ3v) is 5.10. The van der Waals surface area contributed by atoms with E-state index >= 15 is 0 Å². The van der Waals surface area contributed by atoms with Crippen LogP contribution in [0.5, 0.6) is 0 Å². The number of anilines is 1. The van der Waals surface area contributed by atoms with Crippen LogP contribution in [0.25, 0.3) is 0 Å². The number of benzene rings is 2. The van der Waals surface area contributed by atoms with E-state index in [-0.39, 0.29) is 23.8 Å². The van der Waals surface area contributed by atoms with Crippen molar-refractivity contribution in [2.75, 3.05) is 5.32 Å². The van der Waals surface area contributed by atoms with Crippen LogP contribution < -0.4 is 11.1 Å². The Kier molecular flexibility index (Phi) is 5.91. The van der Waals surface area contributed by atoms with E-state index < -0.39 is 0 Å². The van der Waals surface area contributed by atoms with Gasteiger partial charge in [0.15, 0.2) is 0 Å². The molecule has 5 heteroatoms. The lowest BCUT2D eigenvalue weighted by Gasteiger charge is -2.21. The number of nitrogens with two attached hydrogens (primary N) is 1. The van der Waals surface area contributed by atoms with Crippen molar-refractivity contribution in [1.82, 2.24) is 4.90 Å². The van der Waals surface area contributed by atoms with E-state index in [1.165, 1.54) is 0 Å². The van der Waals surface area contributed by atoms with Gasteiger partial charge in [0, 0.05) is 31.2 Å². The zero-order valence-electron chi connectivity index (χ0n) is 15.9. The molecule has 0 bridgehead atoms. The maximum absolute atomic E-state index is 12.5. The predicted octanol–water partition coefficient (Wildman–Crippen LogP) is 3.47. The van der Waals surface area contributed by atoms with Gasteiger partial charge in [-0.25, -0.2) is 0 Å². The molecule has 0 aromatic heterocycles. The predicted molar refractivity (Wildman–Crippen MR) is 107 cm³/mol. The number of carbonyl (C=O) groups excluding carboxylic acids is 2. The van der Waals surface area contributed by atoms with Crippen LogP contribution in [0, 0.1) is 5.92 Å². The van der Waals surface area contributed by atoms with Gasteiger partial charge < -0.3 is 16.0 Å². The minimum absolute atomic E-state index is 0.109. The Morgan fingerprint density at radius 1 is 1.11 bits per heavy atom. The Labute approximate surface area is 160 Å². The summed E-state index contributed by atoms with van der Waals surface area (Å²) in [5.74, 6) is -0.351. The SMILES string of the molecule is CC(=O)N(Cc1ccc(NC(=O)C(C)C(N)c2ccccc2)cc1)C1CC1. The lowest BCUT2D eigenvalue weighted by molar-refractivity contribution is -0.130. The lowest BCUT2D eigenvalue weighted by Crippen LogP contribution is -2.31. The maximum Gasteiger partial charge on any atom is 0.229 e. The molecule has 2 aromatic carbocycles. The van der Waals surface area contributed by atoms with Crippen molar-refractivity contribution in [2.45, 2.75) is 45.3 Å². The second kappa shape index (κ2) is 8.35. The number of carbonyl (C=O) groups is 2. The first-order chi connectivity index (χ1) is 13.0. The van der Waals surface area contributed by atoms with Crippen molar-refractivity contribution >= 4 is 17.5 Å². The third kappa shape index (κ3) is 4.95. The second-order valence-electron chi connectivity index (χ2n) is 7.29. The number of hydrogen-bond donors (Lipinski definition) is 2. The topological polar surface area (TPSA) is 75.4 Å². The van der Waals surface area contributed by atoms with Crippen LogP contribution in [0.2, 0.25) is 0 Å². The molecule has 2 aromatic rings. The molecule has 5 nitrogen and oxygen atoms in total. The molecule has 0 radical (unpaired) electrons. The fraction of sp³-hybridized carbons (Fsp3) is 0.364. The highest BCUT2D eigenvalue weighted by Crippen LogP contribution is 2.28. The first-order valence-electron chi connectivity index (χ1n) is 9.43. The molecule has 2 amide bonds. The quantitative estimate of drug-likeness (QED) is 0.789.